The Balaban J connectivity index is 2.16. The molecular formula is C9H12ClNS. The van der Waals surface area contributed by atoms with Crippen LogP contribution < -0.4 is 0 Å². The number of unbranched alkanes of at least 4 members (excludes halogenated alkanes) is 1. The summed E-state index contributed by atoms with van der Waals surface area (Å²) in [7, 11) is 0. The van der Waals surface area contributed by atoms with E-state index in [0.29, 0.717) is 0 Å². The molecule has 0 aliphatic carbocycles. The Bertz CT molecular complexity index is 203. The minimum atomic E-state index is 0.767. The van der Waals surface area contributed by atoms with Gasteiger partial charge in [0.05, 0.1) is 5.03 Å². The van der Waals surface area contributed by atoms with E-state index in [1.54, 1.807) is 11.8 Å². The van der Waals surface area contributed by atoms with Gasteiger partial charge < -0.3 is 0 Å². The number of thioether (sulfide) groups is 1. The Kier molecular flexibility index (Phi) is 5.20. The summed E-state index contributed by atoms with van der Waals surface area (Å²) in [5.41, 5.74) is 0. The summed E-state index contributed by atoms with van der Waals surface area (Å²) in [5, 5.41) is 1.10. The quantitative estimate of drug-likeness (QED) is 0.412. The maximum Gasteiger partial charge on any atom is 0.0959 e. The number of hydrogen-bond donors (Lipinski definition) is 0. The summed E-state index contributed by atoms with van der Waals surface area (Å²) in [6.45, 7) is 0. The second-order valence-electron chi connectivity index (χ2n) is 2.41. The van der Waals surface area contributed by atoms with Crippen molar-refractivity contribution in [2.75, 3.05) is 11.6 Å². The van der Waals surface area contributed by atoms with Gasteiger partial charge in [-0.2, -0.15) is 0 Å². The van der Waals surface area contributed by atoms with E-state index < -0.39 is 0 Å². The van der Waals surface area contributed by atoms with Crippen LogP contribution in [0.3, 0.4) is 0 Å². The minimum absolute atomic E-state index is 0.767. The van der Waals surface area contributed by atoms with Crippen LogP contribution in [0, 0.1) is 0 Å². The molecule has 0 aliphatic rings. The fourth-order valence-electron chi connectivity index (χ4n) is 0.806. The van der Waals surface area contributed by atoms with Gasteiger partial charge in [0, 0.05) is 12.1 Å². The SMILES string of the molecule is ClCCCCSc1ccccn1. The van der Waals surface area contributed by atoms with Gasteiger partial charge in [-0.05, 0) is 30.7 Å². The number of pyridine rings is 1. The maximum atomic E-state index is 5.56. The van der Waals surface area contributed by atoms with Crippen LogP contribution in [0.2, 0.25) is 0 Å². The summed E-state index contributed by atoms with van der Waals surface area (Å²) >= 11 is 7.35. The summed E-state index contributed by atoms with van der Waals surface area (Å²) in [6, 6.07) is 5.98. The summed E-state index contributed by atoms with van der Waals surface area (Å²) in [4.78, 5) is 4.21. The van der Waals surface area contributed by atoms with E-state index in [9.17, 15) is 0 Å². The lowest BCUT2D eigenvalue weighted by atomic mass is 10.4. The molecule has 0 saturated heterocycles. The molecule has 0 amide bonds. The zero-order valence-electron chi connectivity index (χ0n) is 6.87. The first kappa shape index (κ1) is 9.87. The summed E-state index contributed by atoms with van der Waals surface area (Å²) in [5.74, 6) is 1.88. The molecule has 12 heavy (non-hydrogen) atoms. The molecule has 1 heterocycles. The van der Waals surface area contributed by atoms with E-state index >= 15 is 0 Å². The molecule has 1 nitrogen and oxygen atoms in total. The van der Waals surface area contributed by atoms with Crippen LogP contribution in [-0.2, 0) is 0 Å². The van der Waals surface area contributed by atoms with Gasteiger partial charge in [0.2, 0.25) is 0 Å². The highest BCUT2D eigenvalue weighted by atomic mass is 35.5. The molecule has 0 bridgehead atoms. The number of rotatable bonds is 5. The van der Waals surface area contributed by atoms with Crippen molar-refractivity contribution >= 4 is 23.4 Å². The predicted octanol–water partition coefficient (Wildman–Crippen LogP) is 3.19. The normalized spacial score (nSPS) is 10.1. The number of aromatic nitrogens is 1. The van der Waals surface area contributed by atoms with Crippen molar-refractivity contribution in [2.45, 2.75) is 17.9 Å². The topological polar surface area (TPSA) is 12.9 Å². The Morgan fingerprint density at radius 3 is 2.92 bits per heavy atom. The zero-order valence-corrected chi connectivity index (χ0v) is 8.44. The Morgan fingerprint density at radius 1 is 1.33 bits per heavy atom. The van der Waals surface area contributed by atoms with E-state index in [1.165, 1.54) is 6.42 Å². The van der Waals surface area contributed by atoms with Crippen molar-refractivity contribution in [3.63, 3.8) is 0 Å². The number of nitrogens with zero attached hydrogens (tertiary/aromatic N) is 1. The molecule has 0 N–H and O–H groups in total. The molecule has 0 aromatic carbocycles. The number of hydrogen-bond acceptors (Lipinski definition) is 2. The molecule has 1 rings (SSSR count). The van der Waals surface area contributed by atoms with Gasteiger partial charge in [-0.15, -0.1) is 23.4 Å². The fourth-order valence-corrected chi connectivity index (χ4v) is 1.86. The average Bonchev–Trinajstić information content (AvgIpc) is 2.14. The third-order valence-electron chi connectivity index (χ3n) is 1.42. The first-order valence-electron chi connectivity index (χ1n) is 4.03. The van der Waals surface area contributed by atoms with Crippen LogP contribution in [0.5, 0.6) is 0 Å². The third kappa shape index (κ3) is 3.98. The first-order valence-corrected chi connectivity index (χ1v) is 5.55. The zero-order chi connectivity index (χ0) is 8.65. The molecule has 0 unspecified atom stereocenters. The molecule has 0 radical (unpaired) electrons. The summed E-state index contributed by atoms with van der Waals surface area (Å²) in [6.07, 6.45) is 4.09. The van der Waals surface area contributed by atoms with Crippen LogP contribution in [0.1, 0.15) is 12.8 Å². The molecule has 0 saturated carbocycles. The highest BCUT2D eigenvalue weighted by molar-refractivity contribution is 7.99. The van der Waals surface area contributed by atoms with Gasteiger partial charge in [0.15, 0.2) is 0 Å². The van der Waals surface area contributed by atoms with Gasteiger partial charge in [-0.1, -0.05) is 6.07 Å². The van der Waals surface area contributed by atoms with Gasteiger partial charge in [0.25, 0.3) is 0 Å². The fraction of sp³-hybridized carbons (Fsp3) is 0.444. The third-order valence-corrected chi connectivity index (χ3v) is 2.71. The van der Waals surface area contributed by atoms with Crippen molar-refractivity contribution in [3.8, 4) is 0 Å². The monoisotopic (exact) mass is 201 g/mol. The van der Waals surface area contributed by atoms with Gasteiger partial charge in [-0.3, -0.25) is 0 Å². The van der Waals surface area contributed by atoms with Crippen molar-refractivity contribution in [1.29, 1.82) is 0 Å². The van der Waals surface area contributed by atoms with Gasteiger partial charge in [0.1, 0.15) is 0 Å². The standard InChI is InChI=1S/C9H12ClNS/c10-6-2-4-8-12-9-5-1-3-7-11-9/h1,3,5,7H,2,4,6,8H2. The van der Waals surface area contributed by atoms with Crippen LogP contribution >= 0.6 is 23.4 Å². The van der Waals surface area contributed by atoms with Gasteiger partial charge in [-0.25, -0.2) is 4.98 Å². The molecule has 1 aromatic heterocycles. The molecule has 66 valence electrons. The number of alkyl halides is 1. The minimum Gasteiger partial charge on any atom is -0.250 e. The van der Waals surface area contributed by atoms with Crippen molar-refractivity contribution in [1.82, 2.24) is 4.98 Å². The second-order valence-corrected chi connectivity index (χ2v) is 3.91. The van der Waals surface area contributed by atoms with E-state index in [4.69, 9.17) is 11.6 Å². The lowest BCUT2D eigenvalue weighted by Crippen LogP contribution is -1.83. The highest BCUT2D eigenvalue weighted by Crippen LogP contribution is 2.15. The Morgan fingerprint density at radius 2 is 2.25 bits per heavy atom. The van der Waals surface area contributed by atoms with Crippen LogP contribution in [-0.4, -0.2) is 16.6 Å². The largest absolute Gasteiger partial charge is 0.250 e. The highest BCUT2D eigenvalue weighted by Gasteiger charge is 1.92. The lowest BCUT2D eigenvalue weighted by Gasteiger charge is -1.97. The van der Waals surface area contributed by atoms with Crippen molar-refractivity contribution in [3.05, 3.63) is 24.4 Å². The van der Waals surface area contributed by atoms with E-state index in [0.717, 1.165) is 23.1 Å². The van der Waals surface area contributed by atoms with E-state index in [2.05, 4.69) is 4.98 Å². The molecule has 0 atom stereocenters. The van der Waals surface area contributed by atoms with E-state index in [-0.39, 0.29) is 0 Å². The number of halogens is 1. The lowest BCUT2D eigenvalue weighted by molar-refractivity contribution is 0.901. The molecule has 3 heteroatoms. The predicted molar refractivity (Wildman–Crippen MR) is 54.9 cm³/mol. The average molecular weight is 202 g/mol. The Labute approximate surface area is 82.5 Å². The Hall–Kier alpha value is -0.210. The van der Waals surface area contributed by atoms with Gasteiger partial charge >= 0.3 is 0 Å². The van der Waals surface area contributed by atoms with Crippen LogP contribution in [0.4, 0.5) is 0 Å². The second kappa shape index (κ2) is 6.32. The first-order chi connectivity index (χ1) is 5.93. The molecule has 0 fully saturated rings. The summed E-state index contributed by atoms with van der Waals surface area (Å²) < 4.78 is 0. The molecule has 1 aromatic rings. The maximum absolute atomic E-state index is 5.56. The van der Waals surface area contributed by atoms with Crippen molar-refractivity contribution in [2.24, 2.45) is 0 Å². The molecule has 0 spiro atoms. The van der Waals surface area contributed by atoms with Crippen LogP contribution in [0.15, 0.2) is 29.4 Å². The van der Waals surface area contributed by atoms with Crippen molar-refractivity contribution < 1.29 is 0 Å². The van der Waals surface area contributed by atoms with E-state index in [1.807, 2.05) is 24.4 Å². The molecule has 0 aliphatic heterocycles. The van der Waals surface area contributed by atoms with Crippen LogP contribution in [0.25, 0.3) is 0 Å². The smallest absolute Gasteiger partial charge is 0.0959 e. The molecular weight excluding hydrogens is 190 g/mol.